The average Bonchev–Trinajstić information content (AvgIpc) is 3.04. The number of aromatic nitrogens is 1. The number of methoxy groups -OCH3 is 1. The van der Waals surface area contributed by atoms with Gasteiger partial charge in [0.25, 0.3) is 11.8 Å². The molecule has 0 radical (unpaired) electrons. The van der Waals surface area contributed by atoms with Gasteiger partial charge < -0.3 is 14.8 Å². The summed E-state index contributed by atoms with van der Waals surface area (Å²) in [6.07, 6.45) is 3.27. The summed E-state index contributed by atoms with van der Waals surface area (Å²) >= 11 is 0. The Labute approximate surface area is 186 Å². The molecule has 2 aromatic carbocycles. The van der Waals surface area contributed by atoms with E-state index in [1.165, 1.54) is 4.90 Å². The Kier molecular flexibility index (Phi) is 6.17. The lowest BCUT2D eigenvalue weighted by molar-refractivity contribution is -0.137. The van der Waals surface area contributed by atoms with Crippen LogP contribution in [0, 0.1) is 0 Å². The Morgan fingerprint density at radius 3 is 2.38 bits per heavy atom. The van der Waals surface area contributed by atoms with E-state index in [1.54, 1.807) is 62.0 Å². The number of nitrogens with zero attached hydrogens (tertiary/aromatic N) is 2. The number of carbonyl (C=O) groups is 2. The van der Waals surface area contributed by atoms with Crippen molar-refractivity contribution < 1.29 is 19.1 Å². The molecule has 2 heterocycles. The highest BCUT2D eigenvalue weighted by Gasteiger charge is 2.39. The minimum atomic E-state index is -0.389. The van der Waals surface area contributed by atoms with E-state index in [4.69, 9.17) is 9.47 Å². The number of carbonyl (C=O) groups excluding carboxylic acids is 2. The van der Waals surface area contributed by atoms with E-state index in [2.05, 4.69) is 10.3 Å². The molecule has 1 aliphatic heterocycles. The number of hydrogen-bond acceptors (Lipinski definition) is 6. The maximum Gasteiger partial charge on any atom is 0.278 e. The van der Waals surface area contributed by atoms with Crippen molar-refractivity contribution in [2.75, 3.05) is 19.0 Å². The minimum Gasteiger partial charge on any atom is -0.497 e. The van der Waals surface area contributed by atoms with Crippen LogP contribution in [-0.4, -0.2) is 35.4 Å². The summed E-state index contributed by atoms with van der Waals surface area (Å²) in [4.78, 5) is 32.0. The quantitative estimate of drug-likeness (QED) is 0.548. The molecule has 32 heavy (non-hydrogen) atoms. The molecule has 0 fully saturated rings. The first-order valence-electron chi connectivity index (χ1n) is 10.2. The molecule has 1 N–H and O–H groups in total. The molecule has 7 heteroatoms. The van der Waals surface area contributed by atoms with Crippen molar-refractivity contribution in [3.63, 3.8) is 0 Å². The summed E-state index contributed by atoms with van der Waals surface area (Å²) in [5.41, 5.74) is 2.64. The van der Waals surface area contributed by atoms with Gasteiger partial charge in [0.1, 0.15) is 17.2 Å². The maximum absolute atomic E-state index is 13.4. The lowest BCUT2D eigenvalue weighted by atomic mass is 10.0. The van der Waals surface area contributed by atoms with Gasteiger partial charge in [-0.3, -0.25) is 19.5 Å². The van der Waals surface area contributed by atoms with E-state index < -0.39 is 0 Å². The molecule has 1 aliphatic rings. The molecule has 7 nitrogen and oxygen atoms in total. The van der Waals surface area contributed by atoms with E-state index in [0.717, 1.165) is 5.56 Å². The van der Waals surface area contributed by atoms with Crippen molar-refractivity contribution in [1.29, 1.82) is 0 Å². The van der Waals surface area contributed by atoms with Gasteiger partial charge >= 0.3 is 0 Å². The van der Waals surface area contributed by atoms with Crippen LogP contribution in [0.1, 0.15) is 18.1 Å². The second-order valence-corrected chi connectivity index (χ2v) is 7.12. The molecule has 1 aromatic heterocycles. The van der Waals surface area contributed by atoms with E-state index in [0.29, 0.717) is 34.9 Å². The summed E-state index contributed by atoms with van der Waals surface area (Å²) in [5, 5.41) is 3.16. The molecule has 4 rings (SSSR count). The zero-order valence-corrected chi connectivity index (χ0v) is 17.9. The van der Waals surface area contributed by atoms with Gasteiger partial charge in [0.15, 0.2) is 0 Å². The minimum absolute atomic E-state index is 0.157. The smallest absolute Gasteiger partial charge is 0.278 e. The molecular weight excluding hydrogens is 406 g/mol. The Balaban J connectivity index is 1.72. The first kappa shape index (κ1) is 21.1. The van der Waals surface area contributed by atoms with Crippen molar-refractivity contribution in [2.45, 2.75) is 13.5 Å². The summed E-state index contributed by atoms with van der Waals surface area (Å²) in [5.74, 6) is 0.591. The number of pyridine rings is 1. The number of hydrogen-bond donors (Lipinski definition) is 1. The molecule has 2 amide bonds. The first-order chi connectivity index (χ1) is 15.6. The molecule has 0 saturated carbocycles. The van der Waals surface area contributed by atoms with Gasteiger partial charge in [-0.1, -0.05) is 18.2 Å². The van der Waals surface area contributed by atoms with Crippen molar-refractivity contribution in [2.24, 2.45) is 0 Å². The Bertz CT molecular complexity index is 1160. The Hall–Kier alpha value is -4.13. The number of rotatable bonds is 8. The van der Waals surface area contributed by atoms with Crippen LogP contribution in [0.3, 0.4) is 0 Å². The lowest BCUT2D eigenvalue weighted by Gasteiger charge is -2.15. The van der Waals surface area contributed by atoms with Gasteiger partial charge in [-0.2, -0.15) is 0 Å². The van der Waals surface area contributed by atoms with E-state index in [1.807, 2.05) is 25.1 Å². The normalized spacial score (nSPS) is 13.5. The van der Waals surface area contributed by atoms with Gasteiger partial charge in [-0.15, -0.1) is 0 Å². The lowest BCUT2D eigenvalue weighted by Crippen LogP contribution is -2.32. The fraction of sp³-hybridized carbons (Fsp3) is 0.160. The summed E-state index contributed by atoms with van der Waals surface area (Å²) < 4.78 is 10.8. The number of anilines is 1. The van der Waals surface area contributed by atoms with Crippen molar-refractivity contribution >= 4 is 23.1 Å². The molecular formula is C25H23N3O4. The van der Waals surface area contributed by atoms with Crippen LogP contribution in [-0.2, 0) is 16.1 Å². The van der Waals surface area contributed by atoms with Crippen molar-refractivity contribution in [3.05, 3.63) is 89.9 Å². The monoisotopic (exact) mass is 429 g/mol. The third-order valence-corrected chi connectivity index (χ3v) is 5.05. The van der Waals surface area contributed by atoms with Gasteiger partial charge in [0.2, 0.25) is 0 Å². The van der Waals surface area contributed by atoms with Crippen LogP contribution in [0.2, 0.25) is 0 Å². The van der Waals surface area contributed by atoms with Crippen LogP contribution in [0.4, 0.5) is 5.69 Å². The third-order valence-electron chi connectivity index (χ3n) is 5.05. The molecule has 0 atom stereocenters. The molecule has 0 aliphatic carbocycles. The second-order valence-electron chi connectivity index (χ2n) is 7.12. The zero-order valence-electron chi connectivity index (χ0n) is 17.9. The molecule has 0 spiro atoms. The molecule has 0 saturated heterocycles. The predicted octanol–water partition coefficient (Wildman–Crippen LogP) is 3.88. The standard InChI is InChI=1S/C25H23N3O4/c1-3-32-21-6-4-5-19(15-21)27-23-22(18-7-9-20(31-2)10-8-18)24(29)28(25(23)30)16-17-11-13-26-14-12-17/h4-15,27H,3,16H2,1-2H3. The van der Waals surface area contributed by atoms with Gasteiger partial charge in [-0.05, 0) is 54.4 Å². The van der Waals surface area contributed by atoms with Crippen molar-refractivity contribution in [3.8, 4) is 11.5 Å². The summed E-state index contributed by atoms with van der Waals surface area (Å²) in [6.45, 7) is 2.59. The number of nitrogens with one attached hydrogen (secondary N) is 1. The SMILES string of the molecule is CCOc1cccc(NC2=C(c3ccc(OC)cc3)C(=O)N(Cc3ccncc3)C2=O)c1. The molecule has 3 aromatic rings. The average molecular weight is 429 g/mol. The highest BCUT2D eigenvalue weighted by molar-refractivity contribution is 6.36. The van der Waals surface area contributed by atoms with Crippen LogP contribution < -0.4 is 14.8 Å². The van der Waals surface area contributed by atoms with Crippen LogP contribution in [0.5, 0.6) is 11.5 Å². The highest BCUT2D eigenvalue weighted by atomic mass is 16.5. The topological polar surface area (TPSA) is 80.8 Å². The van der Waals surface area contributed by atoms with E-state index >= 15 is 0 Å². The van der Waals surface area contributed by atoms with E-state index in [9.17, 15) is 9.59 Å². The second kappa shape index (κ2) is 9.34. The Morgan fingerprint density at radius 2 is 1.69 bits per heavy atom. The molecule has 0 unspecified atom stereocenters. The van der Waals surface area contributed by atoms with Gasteiger partial charge in [0, 0.05) is 24.1 Å². The molecule has 0 bridgehead atoms. The maximum atomic E-state index is 13.4. The van der Waals surface area contributed by atoms with E-state index in [-0.39, 0.29) is 24.1 Å². The van der Waals surface area contributed by atoms with Gasteiger partial charge in [0.05, 0.1) is 25.8 Å². The number of amides is 2. The summed E-state index contributed by atoms with van der Waals surface area (Å²) in [6, 6.07) is 17.9. The van der Waals surface area contributed by atoms with Gasteiger partial charge in [-0.25, -0.2) is 0 Å². The van der Waals surface area contributed by atoms with Crippen LogP contribution >= 0.6 is 0 Å². The first-order valence-corrected chi connectivity index (χ1v) is 10.2. The number of imide groups is 1. The predicted molar refractivity (Wildman–Crippen MR) is 121 cm³/mol. The highest BCUT2D eigenvalue weighted by Crippen LogP contribution is 2.33. The van der Waals surface area contributed by atoms with Crippen LogP contribution in [0.15, 0.2) is 78.8 Å². The Morgan fingerprint density at radius 1 is 0.938 bits per heavy atom. The van der Waals surface area contributed by atoms with Crippen LogP contribution in [0.25, 0.3) is 5.57 Å². The largest absolute Gasteiger partial charge is 0.497 e. The third kappa shape index (κ3) is 4.32. The molecule has 162 valence electrons. The number of ether oxygens (including phenoxy) is 2. The summed E-state index contributed by atoms with van der Waals surface area (Å²) in [7, 11) is 1.58. The van der Waals surface area contributed by atoms with Crippen molar-refractivity contribution in [1.82, 2.24) is 9.88 Å². The fourth-order valence-electron chi connectivity index (χ4n) is 3.51. The zero-order chi connectivity index (χ0) is 22.5. The fourth-order valence-corrected chi connectivity index (χ4v) is 3.51. The number of benzene rings is 2.